The van der Waals surface area contributed by atoms with E-state index in [0.29, 0.717) is 13.0 Å². The molecule has 1 aromatic carbocycles. The first-order valence-electron chi connectivity index (χ1n) is 8.13. The number of ether oxygens (including phenoxy) is 1. The van der Waals surface area contributed by atoms with E-state index in [0.717, 1.165) is 57.0 Å². The number of carbonyl (C=O) groups excluding carboxylic acids is 1. The van der Waals surface area contributed by atoms with Crippen molar-refractivity contribution in [2.75, 3.05) is 45.9 Å². The highest BCUT2D eigenvalue weighted by atomic mass is 16.5. The number of nitrogens with zero attached hydrogens (tertiary/aromatic N) is 1. The monoisotopic (exact) mass is 305 g/mol. The van der Waals surface area contributed by atoms with Crippen molar-refractivity contribution in [2.24, 2.45) is 0 Å². The number of aryl methyl sites for hydroxylation is 1. The molecule has 1 aromatic rings. The van der Waals surface area contributed by atoms with Crippen molar-refractivity contribution in [3.63, 3.8) is 0 Å². The molecule has 2 N–H and O–H groups in total. The second-order valence-electron chi connectivity index (χ2n) is 5.71. The van der Waals surface area contributed by atoms with Crippen LogP contribution in [-0.4, -0.2) is 56.7 Å². The standard InChI is InChI=1S/C17H27N3O2/c1-15-4-2-5-16(14-15)22-13-6-17(21)19-7-3-10-20-11-8-18-9-12-20/h2,4-5,14,18H,3,6-13H2,1H3,(H,19,21). The lowest BCUT2D eigenvalue weighted by Crippen LogP contribution is -2.44. The first-order chi connectivity index (χ1) is 10.7. The summed E-state index contributed by atoms with van der Waals surface area (Å²) in [5.41, 5.74) is 1.16. The SMILES string of the molecule is Cc1cccc(OCCC(=O)NCCCN2CCNCC2)c1. The van der Waals surface area contributed by atoms with Gasteiger partial charge in [-0.1, -0.05) is 12.1 Å². The van der Waals surface area contributed by atoms with Crippen molar-refractivity contribution in [3.8, 4) is 5.75 Å². The molecule has 1 aliphatic rings. The molecule has 1 fully saturated rings. The zero-order valence-corrected chi connectivity index (χ0v) is 13.4. The predicted octanol–water partition coefficient (Wildman–Crippen LogP) is 1.18. The summed E-state index contributed by atoms with van der Waals surface area (Å²) in [4.78, 5) is 14.2. The third-order valence-electron chi connectivity index (χ3n) is 3.77. The highest BCUT2D eigenvalue weighted by molar-refractivity contribution is 5.75. The third-order valence-corrected chi connectivity index (χ3v) is 3.77. The van der Waals surface area contributed by atoms with Gasteiger partial charge < -0.3 is 20.3 Å². The normalized spacial score (nSPS) is 15.5. The lowest BCUT2D eigenvalue weighted by molar-refractivity contribution is -0.121. The summed E-state index contributed by atoms with van der Waals surface area (Å²) in [7, 11) is 0. The van der Waals surface area contributed by atoms with Gasteiger partial charge in [-0.3, -0.25) is 4.79 Å². The van der Waals surface area contributed by atoms with Gasteiger partial charge in [0.1, 0.15) is 5.75 Å². The first-order valence-corrected chi connectivity index (χ1v) is 8.13. The van der Waals surface area contributed by atoms with Crippen molar-refractivity contribution in [2.45, 2.75) is 19.8 Å². The van der Waals surface area contributed by atoms with Crippen LogP contribution in [0.1, 0.15) is 18.4 Å². The van der Waals surface area contributed by atoms with E-state index in [4.69, 9.17) is 4.74 Å². The number of hydrogen-bond donors (Lipinski definition) is 2. The molecule has 1 heterocycles. The van der Waals surface area contributed by atoms with Gasteiger partial charge in [-0.05, 0) is 37.6 Å². The second-order valence-corrected chi connectivity index (χ2v) is 5.71. The van der Waals surface area contributed by atoms with E-state index < -0.39 is 0 Å². The molecule has 122 valence electrons. The lowest BCUT2D eigenvalue weighted by Gasteiger charge is -2.27. The van der Waals surface area contributed by atoms with Crippen molar-refractivity contribution >= 4 is 5.91 Å². The van der Waals surface area contributed by atoms with Gasteiger partial charge in [-0.2, -0.15) is 0 Å². The minimum atomic E-state index is 0.0629. The molecule has 5 heteroatoms. The van der Waals surface area contributed by atoms with Crippen molar-refractivity contribution < 1.29 is 9.53 Å². The Balaban J connectivity index is 1.50. The van der Waals surface area contributed by atoms with Gasteiger partial charge in [0.2, 0.25) is 5.91 Å². The van der Waals surface area contributed by atoms with Crippen molar-refractivity contribution in [1.82, 2.24) is 15.5 Å². The maximum atomic E-state index is 11.7. The van der Waals surface area contributed by atoms with E-state index in [1.54, 1.807) is 0 Å². The minimum Gasteiger partial charge on any atom is -0.493 e. The molecular formula is C17H27N3O2. The van der Waals surface area contributed by atoms with Crippen LogP contribution in [0.4, 0.5) is 0 Å². The molecule has 5 nitrogen and oxygen atoms in total. The fourth-order valence-corrected chi connectivity index (χ4v) is 2.52. The number of rotatable bonds is 8. The van der Waals surface area contributed by atoms with Crippen molar-refractivity contribution in [3.05, 3.63) is 29.8 Å². The van der Waals surface area contributed by atoms with E-state index in [1.807, 2.05) is 31.2 Å². The van der Waals surface area contributed by atoms with Gasteiger partial charge in [0.25, 0.3) is 0 Å². The molecule has 0 atom stereocenters. The third kappa shape index (κ3) is 6.45. The van der Waals surface area contributed by atoms with Crippen LogP contribution in [0.3, 0.4) is 0 Å². The molecule has 2 rings (SSSR count). The highest BCUT2D eigenvalue weighted by Crippen LogP contribution is 2.12. The summed E-state index contributed by atoms with van der Waals surface area (Å²) in [5, 5.41) is 6.30. The highest BCUT2D eigenvalue weighted by Gasteiger charge is 2.08. The van der Waals surface area contributed by atoms with Crippen LogP contribution in [0.25, 0.3) is 0 Å². The van der Waals surface area contributed by atoms with Crippen LogP contribution in [-0.2, 0) is 4.79 Å². The van der Waals surface area contributed by atoms with Crippen molar-refractivity contribution in [1.29, 1.82) is 0 Å². The molecule has 0 aromatic heterocycles. The van der Waals surface area contributed by atoms with Crippen LogP contribution in [0.2, 0.25) is 0 Å². The van der Waals surface area contributed by atoms with Crippen LogP contribution in [0, 0.1) is 6.92 Å². The Kier molecular flexibility index (Phi) is 7.19. The molecule has 0 saturated carbocycles. The Morgan fingerprint density at radius 2 is 2.18 bits per heavy atom. The van der Waals surface area contributed by atoms with Gasteiger partial charge in [-0.25, -0.2) is 0 Å². The lowest BCUT2D eigenvalue weighted by atomic mass is 10.2. The molecule has 0 bridgehead atoms. The van der Waals surface area contributed by atoms with Gasteiger partial charge >= 0.3 is 0 Å². The molecular weight excluding hydrogens is 278 g/mol. The van der Waals surface area contributed by atoms with Crippen LogP contribution in [0.5, 0.6) is 5.75 Å². The Bertz CT molecular complexity index is 459. The van der Waals surface area contributed by atoms with E-state index in [-0.39, 0.29) is 5.91 Å². The average molecular weight is 305 g/mol. The predicted molar refractivity (Wildman–Crippen MR) is 88.2 cm³/mol. The number of piperazine rings is 1. The summed E-state index contributed by atoms with van der Waals surface area (Å²) in [5.74, 6) is 0.888. The smallest absolute Gasteiger partial charge is 0.223 e. The topological polar surface area (TPSA) is 53.6 Å². The van der Waals surface area contributed by atoms with E-state index >= 15 is 0 Å². The van der Waals surface area contributed by atoms with Gasteiger partial charge in [0.15, 0.2) is 0 Å². The fourth-order valence-electron chi connectivity index (χ4n) is 2.52. The van der Waals surface area contributed by atoms with E-state index in [1.165, 1.54) is 0 Å². The molecule has 22 heavy (non-hydrogen) atoms. The number of carbonyl (C=O) groups is 1. The molecule has 1 saturated heterocycles. The van der Waals surface area contributed by atoms with E-state index in [2.05, 4.69) is 15.5 Å². The molecule has 0 radical (unpaired) electrons. The molecule has 1 amide bonds. The van der Waals surface area contributed by atoms with Gasteiger partial charge in [0, 0.05) is 32.7 Å². The van der Waals surface area contributed by atoms with E-state index in [9.17, 15) is 4.79 Å². The van der Waals surface area contributed by atoms with Crippen LogP contribution < -0.4 is 15.4 Å². The number of nitrogens with one attached hydrogen (secondary N) is 2. The Hall–Kier alpha value is -1.59. The largest absolute Gasteiger partial charge is 0.493 e. The Labute approximate surface area is 133 Å². The Morgan fingerprint density at radius 1 is 1.36 bits per heavy atom. The summed E-state index contributed by atoms with van der Waals surface area (Å²) >= 11 is 0. The molecule has 1 aliphatic heterocycles. The summed E-state index contributed by atoms with van der Waals surface area (Å²) < 4.78 is 5.58. The average Bonchev–Trinajstić information content (AvgIpc) is 2.53. The summed E-state index contributed by atoms with van der Waals surface area (Å²) in [6.07, 6.45) is 1.41. The molecule has 0 spiro atoms. The van der Waals surface area contributed by atoms with Gasteiger partial charge in [-0.15, -0.1) is 0 Å². The minimum absolute atomic E-state index is 0.0629. The quantitative estimate of drug-likeness (QED) is 0.708. The molecule has 0 aliphatic carbocycles. The second kappa shape index (κ2) is 9.43. The zero-order valence-electron chi connectivity index (χ0n) is 13.4. The van der Waals surface area contributed by atoms with Gasteiger partial charge in [0.05, 0.1) is 13.0 Å². The first kappa shape index (κ1) is 16.8. The molecule has 0 unspecified atom stereocenters. The maximum absolute atomic E-state index is 11.7. The van der Waals surface area contributed by atoms with Crippen LogP contribution in [0.15, 0.2) is 24.3 Å². The Morgan fingerprint density at radius 3 is 2.95 bits per heavy atom. The fraction of sp³-hybridized carbons (Fsp3) is 0.588. The van der Waals surface area contributed by atoms with Crippen LogP contribution >= 0.6 is 0 Å². The number of amides is 1. The maximum Gasteiger partial charge on any atom is 0.223 e. The summed E-state index contributed by atoms with van der Waals surface area (Å²) in [6.45, 7) is 8.61. The zero-order chi connectivity index (χ0) is 15.6. The number of hydrogen-bond acceptors (Lipinski definition) is 4. The summed E-state index contributed by atoms with van der Waals surface area (Å²) in [6, 6.07) is 7.88. The number of benzene rings is 1.